The second-order valence-corrected chi connectivity index (χ2v) is 4.81. The van der Waals surface area contributed by atoms with Crippen molar-refractivity contribution in [3.05, 3.63) is 0 Å². The summed E-state index contributed by atoms with van der Waals surface area (Å²) in [7, 11) is 4.21. The van der Waals surface area contributed by atoms with Gasteiger partial charge in [0.2, 0.25) is 0 Å². The first kappa shape index (κ1) is 14.9. The molecule has 0 amide bonds. The lowest BCUT2D eigenvalue weighted by molar-refractivity contribution is 0.124. The fourth-order valence-electron chi connectivity index (χ4n) is 1.06. The van der Waals surface area contributed by atoms with Crippen LogP contribution in [0.3, 0.4) is 0 Å². The Morgan fingerprint density at radius 2 is 1.80 bits per heavy atom. The fraction of sp³-hybridized carbons (Fsp3) is 1.00. The predicted octanol–water partition coefficient (Wildman–Crippen LogP) is 1.59. The number of nitrogens with zero attached hydrogens (tertiary/aromatic N) is 1. The molecule has 0 aromatic rings. The summed E-state index contributed by atoms with van der Waals surface area (Å²) in [6.07, 6.45) is 1.16. The highest BCUT2D eigenvalue weighted by atomic mass is 16.5. The second kappa shape index (κ2) is 9.13. The standard InChI is InChI=1S/C12H28N2O/c1-11(2)6-8-15-9-7-13-10-12(3)14(4)5/h11-13H,6-10H2,1-5H3. The molecule has 0 aliphatic rings. The molecule has 0 saturated heterocycles. The molecule has 0 fully saturated rings. The lowest BCUT2D eigenvalue weighted by atomic mass is 10.1. The molecular formula is C12H28N2O. The molecule has 0 aliphatic carbocycles. The van der Waals surface area contributed by atoms with Crippen molar-refractivity contribution in [3.63, 3.8) is 0 Å². The van der Waals surface area contributed by atoms with Gasteiger partial charge in [0.15, 0.2) is 0 Å². The Kier molecular flexibility index (Phi) is 9.06. The Labute approximate surface area is 95.2 Å². The molecule has 1 N–H and O–H groups in total. The second-order valence-electron chi connectivity index (χ2n) is 4.81. The van der Waals surface area contributed by atoms with Gasteiger partial charge in [-0.05, 0) is 33.4 Å². The predicted molar refractivity (Wildman–Crippen MR) is 66.3 cm³/mol. The van der Waals surface area contributed by atoms with E-state index in [0.29, 0.717) is 6.04 Å². The molecule has 0 spiro atoms. The molecule has 0 aromatic heterocycles. The molecule has 0 radical (unpaired) electrons. The summed E-state index contributed by atoms with van der Waals surface area (Å²) in [6, 6.07) is 0.584. The summed E-state index contributed by atoms with van der Waals surface area (Å²) < 4.78 is 5.51. The minimum absolute atomic E-state index is 0.584. The molecule has 0 aliphatic heterocycles. The lowest BCUT2D eigenvalue weighted by Gasteiger charge is -2.20. The number of nitrogens with one attached hydrogen (secondary N) is 1. The molecule has 1 unspecified atom stereocenters. The number of ether oxygens (including phenoxy) is 1. The topological polar surface area (TPSA) is 24.5 Å². The highest BCUT2D eigenvalue weighted by Gasteiger charge is 2.02. The number of hydrogen-bond donors (Lipinski definition) is 1. The Bertz CT molecular complexity index is 138. The maximum atomic E-state index is 5.51. The summed E-state index contributed by atoms with van der Waals surface area (Å²) >= 11 is 0. The van der Waals surface area contributed by atoms with E-state index in [0.717, 1.165) is 38.6 Å². The van der Waals surface area contributed by atoms with Crippen LogP contribution in [-0.4, -0.2) is 51.3 Å². The van der Waals surface area contributed by atoms with Crippen LogP contribution in [0.25, 0.3) is 0 Å². The third-order valence-electron chi connectivity index (χ3n) is 2.58. The SMILES string of the molecule is CC(C)CCOCCNCC(C)N(C)C. The van der Waals surface area contributed by atoms with Crippen molar-refractivity contribution in [2.45, 2.75) is 33.2 Å². The van der Waals surface area contributed by atoms with Crippen LogP contribution in [0.4, 0.5) is 0 Å². The maximum absolute atomic E-state index is 5.51. The third kappa shape index (κ3) is 10.2. The van der Waals surface area contributed by atoms with Crippen LogP contribution in [0.15, 0.2) is 0 Å². The molecule has 3 heteroatoms. The average Bonchev–Trinajstić information content (AvgIpc) is 2.15. The first-order chi connectivity index (χ1) is 7.04. The van der Waals surface area contributed by atoms with Crippen LogP contribution in [0, 0.1) is 5.92 Å². The summed E-state index contributed by atoms with van der Waals surface area (Å²) in [6.45, 7) is 10.4. The van der Waals surface area contributed by atoms with Gasteiger partial charge in [0.1, 0.15) is 0 Å². The molecule has 15 heavy (non-hydrogen) atoms. The van der Waals surface area contributed by atoms with Crippen LogP contribution < -0.4 is 5.32 Å². The van der Waals surface area contributed by atoms with Gasteiger partial charge in [0.05, 0.1) is 6.61 Å². The van der Waals surface area contributed by atoms with E-state index in [2.05, 4.69) is 45.1 Å². The summed E-state index contributed by atoms with van der Waals surface area (Å²) in [4.78, 5) is 2.21. The Hall–Kier alpha value is -0.120. The van der Waals surface area contributed by atoms with E-state index in [1.54, 1.807) is 0 Å². The van der Waals surface area contributed by atoms with Gasteiger partial charge in [-0.3, -0.25) is 0 Å². The molecule has 3 nitrogen and oxygen atoms in total. The van der Waals surface area contributed by atoms with Gasteiger partial charge in [0, 0.05) is 25.7 Å². The zero-order valence-electron chi connectivity index (χ0n) is 11.0. The molecule has 0 heterocycles. The van der Waals surface area contributed by atoms with Gasteiger partial charge >= 0.3 is 0 Å². The maximum Gasteiger partial charge on any atom is 0.0590 e. The van der Waals surface area contributed by atoms with E-state index in [9.17, 15) is 0 Å². The zero-order valence-corrected chi connectivity index (χ0v) is 11.0. The van der Waals surface area contributed by atoms with E-state index < -0.39 is 0 Å². The van der Waals surface area contributed by atoms with E-state index in [1.165, 1.54) is 0 Å². The van der Waals surface area contributed by atoms with Crippen molar-refractivity contribution in [2.75, 3.05) is 40.4 Å². The zero-order chi connectivity index (χ0) is 11.7. The van der Waals surface area contributed by atoms with Crippen molar-refractivity contribution in [3.8, 4) is 0 Å². The largest absolute Gasteiger partial charge is 0.380 e. The van der Waals surface area contributed by atoms with Gasteiger partial charge in [-0.2, -0.15) is 0 Å². The number of likely N-dealkylation sites (N-methyl/N-ethyl adjacent to an activating group) is 1. The van der Waals surface area contributed by atoms with Gasteiger partial charge < -0.3 is 15.0 Å². The lowest BCUT2D eigenvalue weighted by Crippen LogP contribution is -2.36. The quantitative estimate of drug-likeness (QED) is 0.592. The summed E-state index contributed by atoms with van der Waals surface area (Å²) in [5, 5.41) is 3.39. The summed E-state index contributed by atoms with van der Waals surface area (Å²) in [5.74, 6) is 0.742. The highest BCUT2D eigenvalue weighted by molar-refractivity contribution is 4.62. The summed E-state index contributed by atoms with van der Waals surface area (Å²) in [5.41, 5.74) is 0. The van der Waals surface area contributed by atoms with Crippen molar-refractivity contribution < 1.29 is 4.74 Å². The Balaban J connectivity index is 3.11. The first-order valence-electron chi connectivity index (χ1n) is 5.99. The number of rotatable bonds is 9. The molecule has 0 bridgehead atoms. The van der Waals surface area contributed by atoms with E-state index in [1.807, 2.05) is 0 Å². The van der Waals surface area contributed by atoms with Crippen molar-refractivity contribution in [2.24, 2.45) is 5.92 Å². The third-order valence-corrected chi connectivity index (χ3v) is 2.58. The van der Waals surface area contributed by atoms with Crippen LogP contribution in [0.2, 0.25) is 0 Å². The van der Waals surface area contributed by atoms with Crippen molar-refractivity contribution >= 4 is 0 Å². The highest BCUT2D eigenvalue weighted by Crippen LogP contribution is 1.98. The monoisotopic (exact) mass is 216 g/mol. The van der Waals surface area contributed by atoms with Gasteiger partial charge in [-0.15, -0.1) is 0 Å². The molecule has 0 rings (SSSR count). The van der Waals surface area contributed by atoms with Crippen LogP contribution in [0.1, 0.15) is 27.2 Å². The molecule has 0 saturated carbocycles. The van der Waals surface area contributed by atoms with Gasteiger partial charge in [0.25, 0.3) is 0 Å². The normalized spacial score (nSPS) is 13.8. The number of hydrogen-bond acceptors (Lipinski definition) is 3. The smallest absolute Gasteiger partial charge is 0.0590 e. The molecule has 1 atom stereocenters. The van der Waals surface area contributed by atoms with Crippen LogP contribution in [0.5, 0.6) is 0 Å². The van der Waals surface area contributed by atoms with E-state index in [-0.39, 0.29) is 0 Å². The van der Waals surface area contributed by atoms with Gasteiger partial charge in [-0.1, -0.05) is 13.8 Å². The van der Waals surface area contributed by atoms with E-state index in [4.69, 9.17) is 4.74 Å². The van der Waals surface area contributed by atoms with Crippen molar-refractivity contribution in [1.29, 1.82) is 0 Å². The minimum atomic E-state index is 0.584. The van der Waals surface area contributed by atoms with Crippen LogP contribution in [-0.2, 0) is 4.74 Å². The Morgan fingerprint density at radius 3 is 2.33 bits per heavy atom. The minimum Gasteiger partial charge on any atom is -0.380 e. The average molecular weight is 216 g/mol. The van der Waals surface area contributed by atoms with E-state index >= 15 is 0 Å². The fourth-order valence-corrected chi connectivity index (χ4v) is 1.06. The van der Waals surface area contributed by atoms with Gasteiger partial charge in [-0.25, -0.2) is 0 Å². The molecule has 0 aromatic carbocycles. The molecule has 92 valence electrons. The van der Waals surface area contributed by atoms with Crippen molar-refractivity contribution in [1.82, 2.24) is 10.2 Å². The van der Waals surface area contributed by atoms with Crippen LogP contribution >= 0.6 is 0 Å². The Morgan fingerprint density at radius 1 is 1.13 bits per heavy atom. The first-order valence-corrected chi connectivity index (χ1v) is 5.99. The molecular weight excluding hydrogens is 188 g/mol.